The zero-order chi connectivity index (χ0) is 12.3. The van der Waals surface area contributed by atoms with Crippen molar-refractivity contribution in [2.45, 2.75) is 32.2 Å². The number of ether oxygens (including phenoxy) is 1. The molecule has 0 saturated heterocycles. The van der Waals surface area contributed by atoms with Gasteiger partial charge in [0.25, 0.3) is 5.79 Å². The fraction of sp³-hybridized carbons (Fsp3) is 0.462. The molecule has 1 N–H and O–H groups in total. The number of rotatable bonds is 4. The molecule has 0 spiro atoms. The van der Waals surface area contributed by atoms with E-state index in [4.69, 9.17) is 9.57 Å². The molecule has 17 heavy (non-hydrogen) atoms. The number of oxime groups is 1. The Kier molecular flexibility index (Phi) is 3.45. The van der Waals surface area contributed by atoms with Gasteiger partial charge in [-0.2, -0.15) is 0 Å². The van der Waals surface area contributed by atoms with Crippen LogP contribution < -0.4 is 0 Å². The van der Waals surface area contributed by atoms with Crippen molar-refractivity contribution in [2.24, 2.45) is 5.16 Å². The third-order valence-electron chi connectivity index (χ3n) is 2.86. The van der Waals surface area contributed by atoms with E-state index in [-0.39, 0.29) is 0 Å². The fourth-order valence-electron chi connectivity index (χ4n) is 1.88. The molecule has 0 amide bonds. The summed E-state index contributed by atoms with van der Waals surface area (Å²) < 4.78 is 5.52. The number of aliphatic hydroxyl groups is 1. The molecule has 2 atom stereocenters. The van der Waals surface area contributed by atoms with Gasteiger partial charge in [-0.1, -0.05) is 35.5 Å². The van der Waals surface area contributed by atoms with Crippen LogP contribution >= 0.6 is 0 Å². The monoisotopic (exact) mass is 235 g/mol. The molecule has 0 radical (unpaired) electrons. The second kappa shape index (κ2) is 4.85. The Morgan fingerprint density at radius 1 is 1.47 bits per heavy atom. The van der Waals surface area contributed by atoms with Crippen LogP contribution in [0.2, 0.25) is 0 Å². The number of aliphatic hydroxyl groups excluding tert-OH is 1. The molecule has 1 aromatic rings. The van der Waals surface area contributed by atoms with Crippen molar-refractivity contribution >= 4 is 5.71 Å². The molecule has 1 aliphatic rings. The number of benzene rings is 1. The summed E-state index contributed by atoms with van der Waals surface area (Å²) in [5.41, 5.74) is 1.80. The van der Waals surface area contributed by atoms with E-state index in [0.717, 1.165) is 11.3 Å². The van der Waals surface area contributed by atoms with E-state index in [1.165, 1.54) is 0 Å². The zero-order valence-electron chi connectivity index (χ0n) is 10.1. The van der Waals surface area contributed by atoms with E-state index in [9.17, 15) is 5.11 Å². The Hall–Kier alpha value is -1.39. The molecule has 1 aliphatic heterocycles. The van der Waals surface area contributed by atoms with Crippen LogP contribution in [0.25, 0.3) is 0 Å². The average molecular weight is 235 g/mol. The van der Waals surface area contributed by atoms with Gasteiger partial charge in [-0.25, -0.2) is 0 Å². The van der Waals surface area contributed by atoms with Crippen LogP contribution in [0.5, 0.6) is 0 Å². The van der Waals surface area contributed by atoms with Crippen LogP contribution in [0.1, 0.15) is 25.8 Å². The van der Waals surface area contributed by atoms with Gasteiger partial charge in [-0.15, -0.1) is 0 Å². The Balaban J connectivity index is 2.16. The van der Waals surface area contributed by atoms with Gasteiger partial charge >= 0.3 is 0 Å². The first-order chi connectivity index (χ1) is 8.18. The van der Waals surface area contributed by atoms with Gasteiger partial charge in [0.1, 0.15) is 6.10 Å². The molecule has 0 aliphatic carbocycles. The summed E-state index contributed by atoms with van der Waals surface area (Å²) in [7, 11) is 0. The highest BCUT2D eigenvalue weighted by molar-refractivity contribution is 6.01. The number of hydrogen-bond donors (Lipinski definition) is 1. The van der Waals surface area contributed by atoms with Crippen molar-refractivity contribution in [1.29, 1.82) is 0 Å². The summed E-state index contributed by atoms with van der Waals surface area (Å²) in [6, 6.07) is 9.77. The predicted molar refractivity (Wildman–Crippen MR) is 64.7 cm³/mol. The second-order valence-electron chi connectivity index (χ2n) is 4.09. The lowest BCUT2D eigenvalue weighted by atomic mass is 10.00. The lowest BCUT2D eigenvalue weighted by Crippen LogP contribution is -2.43. The highest BCUT2D eigenvalue weighted by Crippen LogP contribution is 2.31. The van der Waals surface area contributed by atoms with Crippen LogP contribution in [-0.2, 0) is 9.57 Å². The van der Waals surface area contributed by atoms with Crippen molar-refractivity contribution < 1.29 is 14.7 Å². The summed E-state index contributed by atoms with van der Waals surface area (Å²) in [6.07, 6.45) is -0.268. The maximum Gasteiger partial charge on any atom is 0.268 e. The second-order valence-corrected chi connectivity index (χ2v) is 4.09. The van der Waals surface area contributed by atoms with Crippen LogP contribution in [0.3, 0.4) is 0 Å². The molecule has 0 saturated carbocycles. The van der Waals surface area contributed by atoms with Gasteiger partial charge in [0, 0.05) is 6.61 Å². The van der Waals surface area contributed by atoms with Gasteiger partial charge in [-0.05, 0) is 19.4 Å². The largest absolute Gasteiger partial charge is 0.386 e. The molecule has 4 heteroatoms. The topological polar surface area (TPSA) is 51.0 Å². The van der Waals surface area contributed by atoms with Crippen LogP contribution in [0.4, 0.5) is 0 Å². The molecular formula is C13H17NO3. The summed E-state index contributed by atoms with van der Waals surface area (Å²) in [5.74, 6) is -1.03. The van der Waals surface area contributed by atoms with Crippen LogP contribution in [0.15, 0.2) is 35.5 Å². The number of hydrogen-bond acceptors (Lipinski definition) is 4. The first kappa shape index (κ1) is 12.1. The Morgan fingerprint density at radius 3 is 2.76 bits per heavy atom. The van der Waals surface area contributed by atoms with E-state index < -0.39 is 11.9 Å². The zero-order valence-corrected chi connectivity index (χ0v) is 10.1. The molecule has 4 nitrogen and oxygen atoms in total. The lowest BCUT2D eigenvalue weighted by molar-refractivity contribution is -0.264. The smallest absolute Gasteiger partial charge is 0.268 e. The molecule has 1 aromatic carbocycles. The average Bonchev–Trinajstić information content (AvgIpc) is 2.76. The maximum absolute atomic E-state index is 9.78. The third-order valence-corrected chi connectivity index (χ3v) is 2.86. The summed E-state index contributed by atoms with van der Waals surface area (Å²) >= 11 is 0. The van der Waals surface area contributed by atoms with Crippen LogP contribution in [0, 0.1) is 0 Å². The number of nitrogens with zero attached hydrogens (tertiary/aromatic N) is 1. The quantitative estimate of drug-likeness (QED) is 0.867. The van der Waals surface area contributed by atoms with Gasteiger partial charge in [0.2, 0.25) is 0 Å². The first-order valence-corrected chi connectivity index (χ1v) is 5.80. The molecule has 0 fully saturated rings. The van der Waals surface area contributed by atoms with Gasteiger partial charge < -0.3 is 14.7 Å². The molecule has 2 rings (SSSR count). The summed E-state index contributed by atoms with van der Waals surface area (Å²) in [5, 5.41) is 13.8. The molecule has 0 bridgehead atoms. The van der Waals surface area contributed by atoms with E-state index in [1.807, 2.05) is 37.3 Å². The van der Waals surface area contributed by atoms with Crippen molar-refractivity contribution in [3.8, 4) is 0 Å². The van der Waals surface area contributed by atoms with Crippen molar-refractivity contribution in [2.75, 3.05) is 6.61 Å². The van der Waals surface area contributed by atoms with Gasteiger partial charge in [0.15, 0.2) is 0 Å². The van der Waals surface area contributed by atoms with Crippen molar-refractivity contribution in [3.05, 3.63) is 35.9 Å². The minimum Gasteiger partial charge on any atom is -0.386 e. The first-order valence-electron chi connectivity index (χ1n) is 5.80. The lowest BCUT2D eigenvalue weighted by Gasteiger charge is -2.28. The van der Waals surface area contributed by atoms with E-state index in [0.29, 0.717) is 13.0 Å². The van der Waals surface area contributed by atoms with Crippen LogP contribution in [-0.4, -0.2) is 29.3 Å². The van der Waals surface area contributed by atoms with E-state index >= 15 is 0 Å². The standard InChI is InChI=1S/C13H17NO3/c1-3-16-13(10(2)15)9-12(14-17-13)11-7-5-4-6-8-11/h4-8,10,15H,3,9H2,1-2H3. The molecule has 0 aromatic heterocycles. The van der Waals surface area contributed by atoms with E-state index in [2.05, 4.69) is 5.16 Å². The summed E-state index contributed by atoms with van der Waals surface area (Å²) in [4.78, 5) is 5.33. The fourth-order valence-corrected chi connectivity index (χ4v) is 1.88. The third kappa shape index (κ3) is 2.33. The molecular weight excluding hydrogens is 218 g/mol. The maximum atomic E-state index is 9.78. The summed E-state index contributed by atoms with van der Waals surface area (Å²) in [6.45, 7) is 4.00. The minimum absolute atomic E-state index is 0.461. The Bertz CT molecular complexity index is 402. The van der Waals surface area contributed by atoms with Crippen molar-refractivity contribution in [3.63, 3.8) is 0 Å². The SMILES string of the molecule is CCOC1(C(C)O)CC(c2ccccc2)=NO1. The van der Waals surface area contributed by atoms with E-state index in [1.54, 1.807) is 6.92 Å². The molecule has 1 heterocycles. The van der Waals surface area contributed by atoms with Gasteiger partial charge in [0.05, 0.1) is 12.1 Å². The van der Waals surface area contributed by atoms with Crippen molar-refractivity contribution in [1.82, 2.24) is 0 Å². The highest BCUT2D eigenvalue weighted by Gasteiger charge is 2.45. The van der Waals surface area contributed by atoms with Gasteiger partial charge in [-0.3, -0.25) is 0 Å². The highest BCUT2D eigenvalue weighted by atomic mass is 16.8. The molecule has 92 valence electrons. The molecule has 2 unspecified atom stereocenters. The predicted octanol–water partition coefficient (Wildman–Crippen LogP) is 1.92. The Morgan fingerprint density at radius 2 is 2.18 bits per heavy atom. The normalized spacial score (nSPS) is 25.2. The Labute approximate surface area is 101 Å². The minimum atomic E-state index is -1.03.